The summed E-state index contributed by atoms with van der Waals surface area (Å²) in [5.74, 6) is 7.58. The van der Waals surface area contributed by atoms with Crippen LogP contribution < -0.4 is 20.7 Å². The number of hydrazine groups is 1. The fourth-order valence-corrected chi connectivity index (χ4v) is 3.38. The van der Waals surface area contributed by atoms with Gasteiger partial charge >= 0.3 is 0 Å². The predicted octanol–water partition coefficient (Wildman–Crippen LogP) is 3.18. The molecule has 20 heavy (non-hydrogen) atoms. The van der Waals surface area contributed by atoms with Crippen molar-refractivity contribution in [2.45, 2.75) is 45.1 Å². The van der Waals surface area contributed by atoms with Gasteiger partial charge < -0.3 is 9.47 Å². The lowest BCUT2D eigenvalue weighted by atomic mass is 9.68. The summed E-state index contributed by atoms with van der Waals surface area (Å²) in [6, 6.07) is 5.97. The van der Waals surface area contributed by atoms with Crippen LogP contribution in [0, 0.1) is 5.41 Å². The highest BCUT2D eigenvalue weighted by Gasteiger charge is 2.37. The fourth-order valence-electron chi connectivity index (χ4n) is 3.38. The molecule has 2 rings (SSSR count). The standard InChI is InChI=1S/C16H26N2O2/c1-16(9-5-4-6-10-16)15(18-17)13-11-12(19-2)7-8-14(13)20-3/h7-8,11,15,18H,4-6,9-10,17H2,1-3H3. The number of hydrogen-bond donors (Lipinski definition) is 2. The average Bonchev–Trinajstić information content (AvgIpc) is 2.48. The molecule has 3 N–H and O–H groups in total. The van der Waals surface area contributed by atoms with Gasteiger partial charge in [-0.25, -0.2) is 0 Å². The summed E-state index contributed by atoms with van der Waals surface area (Å²) < 4.78 is 10.9. The number of nitrogens with one attached hydrogen (secondary N) is 1. The molecule has 4 nitrogen and oxygen atoms in total. The molecule has 1 fully saturated rings. The normalized spacial score (nSPS) is 19.4. The number of benzene rings is 1. The summed E-state index contributed by atoms with van der Waals surface area (Å²) in [6.07, 6.45) is 6.22. The van der Waals surface area contributed by atoms with Gasteiger partial charge in [-0.2, -0.15) is 0 Å². The Morgan fingerprint density at radius 3 is 2.40 bits per heavy atom. The van der Waals surface area contributed by atoms with Crippen LogP contribution in [0.4, 0.5) is 0 Å². The predicted molar refractivity (Wildman–Crippen MR) is 80.8 cm³/mol. The third-order valence-corrected chi connectivity index (χ3v) is 4.61. The zero-order valence-corrected chi connectivity index (χ0v) is 12.7. The summed E-state index contributed by atoms with van der Waals surface area (Å²) in [7, 11) is 3.38. The summed E-state index contributed by atoms with van der Waals surface area (Å²) in [4.78, 5) is 0. The SMILES string of the molecule is COc1ccc(OC)c(C(NN)C2(C)CCCCC2)c1. The van der Waals surface area contributed by atoms with Crippen LogP contribution in [0.3, 0.4) is 0 Å². The molecule has 1 aliphatic rings. The van der Waals surface area contributed by atoms with Gasteiger partial charge in [0.25, 0.3) is 0 Å². The second-order valence-electron chi connectivity index (χ2n) is 5.92. The van der Waals surface area contributed by atoms with Crippen molar-refractivity contribution in [1.82, 2.24) is 5.43 Å². The van der Waals surface area contributed by atoms with Crippen LogP contribution in [-0.2, 0) is 0 Å². The highest BCUT2D eigenvalue weighted by atomic mass is 16.5. The quantitative estimate of drug-likeness (QED) is 0.641. The van der Waals surface area contributed by atoms with Gasteiger partial charge in [0.1, 0.15) is 11.5 Å². The molecule has 112 valence electrons. The fraction of sp³-hybridized carbons (Fsp3) is 0.625. The molecular formula is C16H26N2O2. The van der Waals surface area contributed by atoms with Crippen molar-refractivity contribution in [1.29, 1.82) is 0 Å². The monoisotopic (exact) mass is 278 g/mol. The molecular weight excluding hydrogens is 252 g/mol. The van der Waals surface area contributed by atoms with Crippen LogP contribution in [0.15, 0.2) is 18.2 Å². The van der Waals surface area contributed by atoms with Crippen molar-refractivity contribution in [2.75, 3.05) is 14.2 Å². The first-order valence-corrected chi connectivity index (χ1v) is 7.32. The van der Waals surface area contributed by atoms with E-state index in [-0.39, 0.29) is 11.5 Å². The van der Waals surface area contributed by atoms with E-state index in [9.17, 15) is 0 Å². The number of ether oxygens (including phenoxy) is 2. The highest BCUT2D eigenvalue weighted by Crippen LogP contribution is 2.47. The van der Waals surface area contributed by atoms with E-state index in [1.807, 2.05) is 18.2 Å². The maximum atomic E-state index is 5.89. The lowest BCUT2D eigenvalue weighted by Crippen LogP contribution is -2.41. The molecule has 1 saturated carbocycles. The number of hydrogen-bond acceptors (Lipinski definition) is 4. The first-order valence-electron chi connectivity index (χ1n) is 7.32. The molecule has 1 aromatic carbocycles. The van der Waals surface area contributed by atoms with Gasteiger partial charge in [0.05, 0.1) is 20.3 Å². The topological polar surface area (TPSA) is 56.5 Å². The molecule has 1 aliphatic carbocycles. The van der Waals surface area contributed by atoms with Crippen molar-refractivity contribution in [3.63, 3.8) is 0 Å². The zero-order chi connectivity index (χ0) is 14.6. The molecule has 0 spiro atoms. The van der Waals surface area contributed by atoms with E-state index in [1.165, 1.54) is 32.1 Å². The third kappa shape index (κ3) is 2.91. The lowest BCUT2D eigenvalue weighted by Gasteiger charge is -2.41. The first kappa shape index (κ1) is 15.1. The van der Waals surface area contributed by atoms with Crippen molar-refractivity contribution < 1.29 is 9.47 Å². The molecule has 0 aromatic heterocycles. The van der Waals surface area contributed by atoms with Crippen LogP contribution >= 0.6 is 0 Å². The van der Waals surface area contributed by atoms with Crippen molar-refractivity contribution in [3.8, 4) is 11.5 Å². The Morgan fingerprint density at radius 2 is 1.85 bits per heavy atom. The molecule has 0 radical (unpaired) electrons. The average molecular weight is 278 g/mol. The molecule has 0 heterocycles. The number of nitrogens with two attached hydrogens (primary N) is 1. The molecule has 1 unspecified atom stereocenters. The van der Waals surface area contributed by atoms with E-state index in [2.05, 4.69) is 12.3 Å². The minimum Gasteiger partial charge on any atom is -0.497 e. The largest absolute Gasteiger partial charge is 0.497 e. The third-order valence-electron chi connectivity index (χ3n) is 4.61. The summed E-state index contributed by atoms with van der Waals surface area (Å²) in [5, 5.41) is 0. The maximum absolute atomic E-state index is 5.89. The zero-order valence-electron chi connectivity index (χ0n) is 12.7. The Labute approximate surface area is 121 Å². The van der Waals surface area contributed by atoms with E-state index < -0.39 is 0 Å². The van der Waals surface area contributed by atoms with Gasteiger partial charge in [0.15, 0.2) is 0 Å². The Hall–Kier alpha value is -1.26. The Balaban J connectivity index is 2.39. The van der Waals surface area contributed by atoms with Gasteiger partial charge in [0, 0.05) is 5.56 Å². The molecule has 0 aliphatic heterocycles. The summed E-state index contributed by atoms with van der Waals surface area (Å²) >= 11 is 0. The maximum Gasteiger partial charge on any atom is 0.123 e. The van der Waals surface area contributed by atoms with E-state index in [0.29, 0.717) is 0 Å². The molecule has 1 atom stereocenters. The van der Waals surface area contributed by atoms with E-state index in [4.69, 9.17) is 15.3 Å². The van der Waals surface area contributed by atoms with Crippen LogP contribution in [0.2, 0.25) is 0 Å². The van der Waals surface area contributed by atoms with Gasteiger partial charge in [-0.15, -0.1) is 0 Å². The summed E-state index contributed by atoms with van der Waals surface area (Å²) in [5.41, 5.74) is 4.26. The molecule has 4 heteroatoms. The van der Waals surface area contributed by atoms with Gasteiger partial charge in [-0.05, 0) is 36.5 Å². The summed E-state index contributed by atoms with van der Waals surface area (Å²) in [6.45, 7) is 2.32. The second-order valence-corrected chi connectivity index (χ2v) is 5.92. The Bertz CT molecular complexity index is 442. The van der Waals surface area contributed by atoms with E-state index in [0.717, 1.165) is 17.1 Å². The van der Waals surface area contributed by atoms with E-state index in [1.54, 1.807) is 14.2 Å². The smallest absolute Gasteiger partial charge is 0.123 e. The van der Waals surface area contributed by atoms with Gasteiger partial charge in [-0.1, -0.05) is 26.2 Å². The van der Waals surface area contributed by atoms with Crippen molar-refractivity contribution in [3.05, 3.63) is 23.8 Å². The lowest BCUT2D eigenvalue weighted by molar-refractivity contribution is 0.142. The highest BCUT2D eigenvalue weighted by molar-refractivity contribution is 5.43. The van der Waals surface area contributed by atoms with Gasteiger partial charge in [0.2, 0.25) is 0 Å². The van der Waals surface area contributed by atoms with Crippen LogP contribution in [-0.4, -0.2) is 14.2 Å². The first-order chi connectivity index (χ1) is 9.64. The minimum atomic E-state index is 0.0767. The van der Waals surface area contributed by atoms with Crippen LogP contribution in [0.25, 0.3) is 0 Å². The number of methoxy groups -OCH3 is 2. The Morgan fingerprint density at radius 1 is 1.15 bits per heavy atom. The van der Waals surface area contributed by atoms with E-state index >= 15 is 0 Å². The molecule has 1 aromatic rings. The van der Waals surface area contributed by atoms with Crippen molar-refractivity contribution >= 4 is 0 Å². The van der Waals surface area contributed by atoms with Gasteiger partial charge in [-0.3, -0.25) is 11.3 Å². The van der Waals surface area contributed by atoms with Crippen LogP contribution in [0.1, 0.15) is 50.6 Å². The molecule has 0 amide bonds. The molecule has 0 saturated heterocycles. The second kappa shape index (κ2) is 6.46. The van der Waals surface area contributed by atoms with Crippen LogP contribution in [0.5, 0.6) is 11.5 Å². The minimum absolute atomic E-state index is 0.0767. The molecule has 0 bridgehead atoms. The Kier molecular flexibility index (Phi) is 4.89. The van der Waals surface area contributed by atoms with Crippen molar-refractivity contribution in [2.24, 2.45) is 11.3 Å². The number of rotatable bonds is 5.